The van der Waals surface area contributed by atoms with Crippen molar-refractivity contribution in [2.24, 2.45) is 0 Å². The Morgan fingerprint density at radius 2 is 1.92 bits per heavy atom. The van der Waals surface area contributed by atoms with Crippen LogP contribution >= 0.6 is 0 Å². The van der Waals surface area contributed by atoms with Crippen LogP contribution < -0.4 is 5.12 Å². The van der Waals surface area contributed by atoms with E-state index in [1.807, 2.05) is 24.3 Å². The van der Waals surface area contributed by atoms with Gasteiger partial charge in [0.15, 0.2) is 5.82 Å². The van der Waals surface area contributed by atoms with Gasteiger partial charge in [0.1, 0.15) is 7.05 Å². The first-order valence-electron chi connectivity index (χ1n) is 3.84. The summed E-state index contributed by atoms with van der Waals surface area (Å²) in [5, 5.41) is 0.972. The number of benzene rings is 1. The fourth-order valence-electron chi connectivity index (χ4n) is 1.17. The minimum absolute atomic E-state index is 0.00639. The van der Waals surface area contributed by atoms with Crippen LogP contribution in [0.4, 0.5) is 10.3 Å². The molecule has 1 aromatic carbocycles. The molecular formula is C10H7FN2. The van der Waals surface area contributed by atoms with Crippen LogP contribution in [0, 0.1) is 7.05 Å². The van der Waals surface area contributed by atoms with Crippen molar-refractivity contribution in [1.29, 1.82) is 0 Å². The van der Waals surface area contributed by atoms with Gasteiger partial charge in [0, 0.05) is 5.39 Å². The Morgan fingerprint density at radius 1 is 1.15 bits per heavy atom. The van der Waals surface area contributed by atoms with Crippen molar-refractivity contribution < 1.29 is 4.48 Å². The normalized spacial score (nSPS) is 10.3. The zero-order chi connectivity index (χ0) is 9.26. The molecule has 2 radical (unpaired) electrons. The van der Waals surface area contributed by atoms with Crippen LogP contribution in [-0.4, -0.2) is 4.98 Å². The summed E-state index contributed by atoms with van der Waals surface area (Å²) >= 11 is 0. The van der Waals surface area contributed by atoms with E-state index in [4.69, 9.17) is 7.05 Å². The molecule has 2 nitrogen and oxygen atoms in total. The number of fused-ring (bicyclic) bond motifs is 1. The molecule has 0 spiro atoms. The van der Waals surface area contributed by atoms with E-state index in [9.17, 15) is 4.48 Å². The van der Waals surface area contributed by atoms with Crippen molar-refractivity contribution in [3.05, 3.63) is 43.4 Å². The molecule has 0 unspecified atom stereocenters. The Morgan fingerprint density at radius 3 is 2.69 bits per heavy atom. The highest BCUT2D eigenvalue weighted by Crippen LogP contribution is 2.17. The molecule has 0 aliphatic carbocycles. The fraction of sp³-hybridized carbons (Fsp3) is 0. The number of para-hydroxylation sites is 1. The number of halogens is 1. The zero-order valence-electron chi connectivity index (χ0n) is 6.81. The van der Waals surface area contributed by atoms with E-state index < -0.39 is 0 Å². The average Bonchev–Trinajstić information content (AvgIpc) is 2.17. The highest BCUT2D eigenvalue weighted by molar-refractivity contribution is 5.80. The molecule has 0 aliphatic heterocycles. The number of nitrogens with zero attached hydrogens (tertiary/aromatic N) is 2. The average molecular weight is 174 g/mol. The molecule has 2 aromatic rings. The molecule has 0 N–H and O–H groups in total. The summed E-state index contributed by atoms with van der Waals surface area (Å²) < 4.78 is 12.5. The van der Waals surface area contributed by atoms with Crippen LogP contribution in [0.5, 0.6) is 0 Å². The number of anilines is 1. The van der Waals surface area contributed by atoms with Crippen molar-refractivity contribution in [3.8, 4) is 0 Å². The summed E-state index contributed by atoms with van der Waals surface area (Å²) in [6.45, 7) is 0. The number of rotatable bonds is 1. The van der Waals surface area contributed by atoms with Gasteiger partial charge in [-0.25, -0.2) is 4.98 Å². The van der Waals surface area contributed by atoms with Gasteiger partial charge in [0.05, 0.1) is 5.52 Å². The van der Waals surface area contributed by atoms with E-state index in [1.165, 1.54) is 6.07 Å². The molecule has 0 saturated carbocycles. The first kappa shape index (κ1) is 7.98. The maximum Gasteiger partial charge on any atom is 0.158 e. The molecular weight excluding hydrogens is 167 g/mol. The maximum absolute atomic E-state index is 12.5. The Bertz CT molecular complexity index is 426. The fourth-order valence-corrected chi connectivity index (χ4v) is 1.17. The van der Waals surface area contributed by atoms with E-state index in [0.717, 1.165) is 10.9 Å². The van der Waals surface area contributed by atoms with Crippen LogP contribution in [-0.2, 0) is 0 Å². The van der Waals surface area contributed by atoms with Crippen molar-refractivity contribution >= 4 is 16.7 Å². The highest BCUT2D eigenvalue weighted by Gasteiger charge is 2.01. The number of hydrogen-bond donors (Lipinski definition) is 0. The SMILES string of the molecule is [CH]N(F)c1ccc2ccccc2n1. The molecule has 0 bridgehead atoms. The van der Waals surface area contributed by atoms with Gasteiger partial charge < -0.3 is 0 Å². The quantitative estimate of drug-likeness (QED) is 0.488. The summed E-state index contributed by atoms with van der Waals surface area (Å²) in [6, 6.07) is 10.8. The Balaban J connectivity index is 2.62. The summed E-state index contributed by atoms with van der Waals surface area (Å²) in [4.78, 5) is 4.00. The molecule has 1 aromatic heterocycles. The second-order valence-corrected chi connectivity index (χ2v) is 2.67. The lowest BCUT2D eigenvalue weighted by Gasteiger charge is -2.05. The lowest BCUT2D eigenvalue weighted by atomic mass is 10.2. The molecule has 1 heterocycles. The number of aromatic nitrogens is 1. The van der Waals surface area contributed by atoms with Crippen LogP contribution in [0.25, 0.3) is 10.9 Å². The van der Waals surface area contributed by atoms with E-state index in [1.54, 1.807) is 6.07 Å². The molecule has 0 aliphatic rings. The molecule has 13 heavy (non-hydrogen) atoms. The molecule has 0 fully saturated rings. The van der Waals surface area contributed by atoms with Crippen LogP contribution in [0.3, 0.4) is 0 Å². The maximum atomic E-state index is 12.5. The third-order valence-corrected chi connectivity index (χ3v) is 1.80. The van der Waals surface area contributed by atoms with Crippen LogP contribution in [0.15, 0.2) is 36.4 Å². The highest BCUT2D eigenvalue weighted by atomic mass is 19.2. The van der Waals surface area contributed by atoms with Crippen molar-refractivity contribution in [1.82, 2.24) is 4.98 Å². The third-order valence-electron chi connectivity index (χ3n) is 1.80. The second kappa shape index (κ2) is 3.01. The van der Waals surface area contributed by atoms with Gasteiger partial charge in [-0.05, 0) is 18.2 Å². The summed E-state index contributed by atoms with van der Waals surface area (Å²) in [7, 11) is 4.91. The van der Waals surface area contributed by atoms with Crippen molar-refractivity contribution in [2.75, 3.05) is 5.12 Å². The summed E-state index contributed by atoms with van der Waals surface area (Å²) in [6.07, 6.45) is 0. The Labute approximate surface area is 75.6 Å². The zero-order valence-corrected chi connectivity index (χ0v) is 6.81. The van der Waals surface area contributed by atoms with Crippen molar-refractivity contribution in [2.45, 2.75) is 0 Å². The summed E-state index contributed by atoms with van der Waals surface area (Å²) in [5.41, 5.74) is 0.730. The predicted octanol–water partition coefficient (Wildman–Crippen LogP) is 2.59. The van der Waals surface area contributed by atoms with E-state index in [2.05, 4.69) is 4.98 Å². The number of pyridine rings is 1. The lowest BCUT2D eigenvalue weighted by molar-refractivity contribution is 0.491. The third kappa shape index (κ3) is 1.45. The topological polar surface area (TPSA) is 16.1 Å². The smallest absolute Gasteiger partial charge is 0.158 e. The summed E-state index contributed by atoms with van der Waals surface area (Å²) in [5.74, 6) is 0.110. The van der Waals surface area contributed by atoms with Gasteiger partial charge in [-0.2, -0.15) is 5.12 Å². The minimum atomic E-state index is 0.00639. The Hall–Kier alpha value is -1.64. The van der Waals surface area contributed by atoms with Crippen LogP contribution in [0.1, 0.15) is 0 Å². The Kier molecular flexibility index (Phi) is 1.85. The number of hydrogen-bond acceptors (Lipinski definition) is 2. The molecule has 64 valence electrons. The minimum Gasteiger partial charge on any atom is -0.228 e. The molecule has 3 heteroatoms. The van der Waals surface area contributed by atoms with Crippen molar-refractivity contribution in [3.63, 3.8) is 0 Å². The molecule has 0 atom stereocenters. The van der Waals surface area contributed by atoms with Gasteiger partial charge in [-0.3, -0.25) is 0 Å². The van der Waals surface area contributed by atoms with Crippen LogP contribution in [0.2, 0.25) is 0 Å². The van der Waals surface area contributed by atoms with Gasteiger partial charge in [-0.1, -0.05) is 22.7 Å². The predicted molar refractivity (Wildman–Crippen MR) is 49.6 cm³/mol. The monoisotopic (exact) mass is 174 g/mol. The second-order valence-electron chi connectivity index (χ2n) is 2.67. The largest absolute Gasteiger partial charge is 0.228 e. The van der Waals surface area contributed by atoms with Gasteiger partial charge >= 0.3 is 0 Å². The molecule has 2 rings (SSSR count). The standard InChI is InChI=1S/C10H7FN2/c1-13(11)10-7-6-8-4-2-3-5-9(8)12-10/h1-7H. The van der Waals surface area contributed by atoms with E-state index in [-0.39, 0.29) is 10.9 Å². The first-order chi connectivity index (χ1) is 6.27. The first-order valence-corrected chi connectivity index (χ1v) is 3.84. The van der Waals surface area contributed by atoms with Gasteiger partial charge in [0.25, 0.3) is 0 Å². The molecule has 0 saturated heterocycles. The molecule has 0 amide bonds. The van der Waals surface area contributed by atoms with E-state index >= 15 is 0 Å². The van der Waals surface area contributed by atoms with Gasteiger partial charge in [-0.15, -0.1) is 0 Å². The lowest BCUT2D eigenvalue weighted by Crippen LogP contribution is -2.00. The van der Waals surface area contributed by atoms with E-state index in [0.29, 0.717) is 0 Å². The van der Waals surface area contributed by atoms with Gasteiger partial charge in [0.2, 0.25) is 0 Å².